The molecule has 0 bridgehead atoms. The molecule has 0 aromatic carbocycles. The van der Waals surface area contributed by atoms with E-state index in [0.717, 1.165) is 0 Å². The lowest BCUT2D eigenvalue weighted by Crippen LogP contribution is -2.60. The highest BCUT2D eigenvalue weighted by Crippen LogP contribution is 2.44. The Balaban J connectivity index is 2.04. The average Bonchev–Trinajstić information content (AvgIpc) is 2.87. The zero-order valence-electron chi connectivity index (χ0n) is 10.3. The van der Waals surface area contributed by atoms with Gasteiger partial charge >= 0.3 is 0 Å². The molecule has 0 amide bonds. The summed E-state index contributed by atoms with van der Waals surface area (Å²) in [6.45, 7) is -0.475. The van der Waals surface area contributed by atoms with Gasteiger partial charge in [-0.1, -0.05) is 5.11 Å². The molecule has 2 aromatic rings. The molecular formula is C10H12N8O2. The molecule has 3 rings (SSSR count). The van der Waals surface area contributed by atoms with E-state index in [4.69, 9.17) is 11.3 Å². The van der Waals surface area contributed by atoms with Crippen LogP contribution in [0.1, 0.15) is 12.5 Å². The Morgan fingerprint density at radius 1 is 1.55 bits per heavy atom. The van der Waals surface area contributed by atoms with Crippen LogP contribution in [0.15, 0.2) is 17.8 Å². The van der Waals surface area contributed by atoms with Gasteiger partial charge in [-0.2, -0.15) is 0 Å². The summed E-state index contributed by atoms with van der Waals surface area (Å²) >= 11 is 0. The fourth-order valence-electron chi connectivity index (χ4n) is 2.55. The largest absolute Gasteiger partial charge is 0.393 e. The van der Waals surface area contributed by atoms with Crippen LogP contribution in [0.5, 0.6) is 0 Å². The number of rotatable bonds is 3. The zero-order valence-corrected chi connectivity index (χ0v) is 10.3. The van der Waals surface area contributed by atoms with E-state index in [1.54, 1.807) is 4.57 Å². The Hall–Kier alpha value is -2.42. The summed E-state index contributed by atoms with van der Waals surface area (Å²) < 4.78 is 1.68. The number of imidazole rings is 1. The Kier molecular flexibility index (Phi) is 2.71. The number of azide groups is 1. The van der Waals surface area contributed by atoms with E-state index in [2.05, 4.69) is 25.0 Å². The first kappa shape index (κ1) is 12.6. The number of aliphatic hydroxyl groups is 2. The Morgan fingerprint density at radius 3 is 3.05 bits per heavy atom. The quantitative estimate of drug-likeness (QED) is 0.398. The van der Waals surface area contributed by atoms with Crippen molar-refractivity contribution >= 4 is 17.0 Å². The van der Waals surface area contributed by atoms with Gasteiger partial charge in [0.15, 0.2) is 11.5 Å². The monoisotopic (exact) mass is 276 g/mol. The number of anilines is 1. The fraction of sp³-hybridized carbons (Fsp3) is 0.500. The van der Waals surface area contributed by atoms with Gasteiger partial charge in [0.1, 0.15) is 17.4 Å². The Morgan fingerprint density at radius 2 is 2.35 bits per heavy atom. The summed E-state index contributed by atoms with van der Waals surface area (Å²) in [7, 11) is 0. The molecule has 1 saturated carbocycles. The highest BCUT2D eigenvalue weighted by Gasteiger charge is 2.53. The number of hydrogen-bond donors (Lipinski definition) is 3. The van der Waals surface area contributed by atoms with E-state index in [9.17, 15) is 10.2 Å². The molecule has 1 aliphatic carbocycles. The molecule has 1 fully saturated rings. The van der Waals surface area contributed by atoms with Crippen LogP contribution < -0.4 is 5.73 Å². The van der Waals surface area contributed by atoms with Crippen molar-refractivity contribution in [3.8, 4) is 0 Å². The van der Waals surface area contributed by atoms with E-state index >= 15 is 0 Å². The number of fused-ring (bicyclic) bond motifs is 1. The smallest absolute Gasteiger partial charge is 0.165 e. The van der Waals surface area contributed by atoms with E-state index < -0.39 is 18.2 Å². The lowest BCUT2D eigenvalue weighted by molar-refractivity contribution is -0.119. The van der Waals surface area contributed by atoms with Crippen LogP contribution in [0.3, 0.4) is 0 Å². The number of aromatic nitrogens is 4. The van der Waals surface area contributed by atoms with E-state index in [-0.39, 0.29) is 18.3 Å². The highest BCUT2D eigenvalue weighted by atomic mass is 16.3. The second-order valence-corrected chi connectivity index (χ2v) is 4.77. The molecular weight excluding hydrogens is 264 g/mol. The third-order valence-corrected chi connectivity index (χ3v) is 3.67. The van der Waals surface area contributed by atoms with Gasteiger partial charge in [-0.15, -0.1) is 0 Å². The fourth-order valence-corrected chi connectivity index (χ4v) is 2.55. The van der Waals surface area contributed by atoms with Gasteiger partial charge in [0.25, 0.3) is 0 Å². The van der Waals surface area contributed by atoms with Crippen LogP contribution >= 0.6 is 0 Å². The van der Waals surface area contributed by atoms with Gasteiger partial charge < -0.3 is 20.5 Å². The maximum atomic E-state index is 10.1. The van der Waals surface area contributed by atoms with Gasteiger partial charge in [0, 0.05) is 11.3 Å². The predicted molar refractivity (Wildman–Crippen MR) is 68.4 cm³/mol. The van der Waals surface area contributed by atoms with Crippen molar-refractivity contribution in [3.63, 3.8) is 0 Å². The standard InChI is InChI=1S/C10H12N8O2/c11-8-6-9(14-3-13-8)18(4-15-6)5-1-10(20,2-19)7(5)16-17-12/h3-5,7,19-20H,1-2H2,(H2,11,13,14)/t5-,7-,10+/m1/s1. The number of nitrogen functional groups attached to an aromatic ring is 1. The first-order valence-electron chi connectivity index (χ1n) is 5.91. The number of hydrogen-bond acceptors (Lipinski definition) is 7. The van der Waals surface area contributed by atoms with Crippen LogP contribution in [0.25, 0.3) is 21.6 Å². The molecule has 0 saturated heterocycles. The zero-order chi connectivity index (χ0) is 14.3. The molecule has 3 atom stereocenters. The minimum Gasteiger partial charge on any atom is -0.393 e. The van der Waals surface area contributed by atoms with Crippen LogP contribution in [-0.4, -0.2) is 48.0 Å². The third kappa shape index (κ3) is 1.59. The molecule has 104 valence electrons. The maximum Gasteiger partial charge on any atom is 0.165 e. The van der Waals surface area contributed by atoms with E-state index in [1.165, 1.54) is 12.7 Å². The van der Waals surface area contributed by atoms with Crippen molar-refractivity contribution in [1.82, 2.24) is 19.5 Å². The molecule has 0 unspecified atom stereocenters. The van der Waals surface area contributed by atoms with Gasteiger partial charge in [-0.25, -0.2) is 15.0 Å². The summed E-state index contributed by atoms with van der Waals surface area (Å²) in [5.74, 6) is 0.255. The SMILES string of the molecule is [N-]=[N+]=N[C@@H]1[C@H](n2cnc3c(N)ncnc32)C[C@]1(O)CO. The third-order valence-electron chi connectivity index (χ3n) is 3.67. The molecule has 2 heterocycles. The summed E-state index contributed by atoms with van der Waals surface area (Å²) in [4.78, 5) is 14.8. The average molecular weight is 276 g/mol. The van der Waals surface area contributed by atoms with Crippen molar-refractivity contribution in [2.75, 3.05) is 12.3 Å². The Bertz CT molecular complexity index is 708. The molecule has 1 aliphatic rings. The summed E-state index contributed by atoms with van der Waals surface area (Å²) in [5, 5.41) is 22.9. The first-order valence-corrected chi connectivity index (χ1v) is 5.91. The van der Waals surface area contributed by atoms with Gasteiger partial charge in [-0.3, -0.25) is 0 Å². The molecule has 0 spiro atoms. The minimum atomic E-state index is -1.41. The molecule has 2 aromatic heterocycles. The predicted octanol–water partition coefficient (Wildman–Crippen LogP) is -0.244. The van der Waals surface area contributed by atoms with Gasteiger partial charge in [0.2, 0.25) is 0 Å². The second kappa shape index (κ2) is 4.30. The minimum absolute atomic E-state index is 0.239. The molecule has 20 heavy (non-hydrogen) atoms. The van der Waals surface area contributed by atoms with Crippen LogP contribution in [-0.2, 0) is 0 Å². The van der Waals surface area contributed by atoms with Crippen molar-refractivity contribution in [1.29, 1.82) is 0 Å². The summed E-state index contributed by atoms with van der Waals surface area (Å²) in [6, 6.07) is -1.12. The molecule has 0 radical (unpaired) electrons. The number of nitrogens with two attached hydrogens (primary N) is 1. The normalized spacial score (nSPS) is 28.9. The lowest BCUT2D eigenvalue weighted by atomic mass is 9.71. The van der Waals surface area contributed by atoms with E-state index in [1.807, 2.05) is 0 Å². The molecule has 10 nitrogen and oxygen atoms in total. The topological polar surface area (TPSA) is 159 Å². The van der Waals surface area contributed by atoms with Gasteiger partial charge in [-0.05, 0) is 5.53 Å². The van der Waals surface area contributed by atoms with Crippen LogP contribution in [0.2, 0.25) is 0 Å². The molecule has 4 N–H and O–H groups in total. The van der Waals surface area contributed by atoms with Gasteiger partial charge in [0.05, 0.1) is 25.0 Å². The van der Waals surface area contributed by atoms with Crippen molar-refractivity contribution in [2.24, 2.45) is 5.11 Å². The second-order valence-electron chi connectivity index (χ2n) is 4.77. The lowest BCUT2D eigenvalue weighted by Gasteiger charge is -2.48. The van der Waals surface area contributed by atoms with Crippen LogP contribution in [0, 0.1) is 0 Å². The van der Waals surface area contributed by atoms with Crippen molar-refractivity contribution < 1.29 is 10.2 Å². The molecule has 0 aliphatic heterocycles. The van der Waals surface area contributed by atoms with Crippen LogP contribution in [0.4, 0.5) is 5.82 Å². The van der Waals surface area contributed by atoms with E-state index in [0.29, 0.717) is 11.2 Å². The molecule has 10 heteroatoms. The Labute approximate surface area is 112 Å². The highest BCUT2D eigenvalue weighted by molar-refractivity contribution is 5.81. The number of aliphatic hydroxyl groups excluding tert-OH is 1. The first-order chi connectivity index (χ1) is 9.60. The van der Waals surface area contributed by atoms with Crippen molar-refractivity contribution in [3.05, 3.63) is 23.1 Å². The maximum absolute atomic E-state index is 10.1. The summed E-state index contributed by atoms with van der Waals surface area (Å²) in [6.07, 6.45) is 3.06. The summed E-state index contributed by atoms with van der Waals surface area (Å²) in [5.41, 5.74) is 13.8. The van der Waals surface area contributed by atoms with Crippen molar-refractivity contribution in [2.45, 2.75) is 24.1 Å². The number of nitrogens with zero attached hydrogens (tertiary/aromatic N) is 7.